The lowest BCUT2D eigenvalue weighted by Crippen LogP contribution is -2.16. The van der Waals surface area contributed by atoms with Gasteiger partial charge in [0, 0.05) is 12.1 Å². The molecule has 2 rings (SSSR count). The first-order valence-corrected chi connectivity index (χ1v) is 8.26. The van der Waals surface area contributed by atoms with Gasteiger partial charge in [-0.05, 0) is 26.0 Å². The summed E-state index contributed by atoms with van der Waals surface area (Å²) in [4.78, 5) is 23.8. The first-order chi connectivity index (χ1) is 12.1. The van der Waals surface area contributed by atoms with Crippen molar-refractivity contribution >= 4 is 34.8 Å². The third kappa shape index (κ3) is 4.90. The van der Waals surface area contributed by atoms with Crippen LogP contribution in [0.3, 0.4) is 0 Å². The van der Waals surface area contributed by atoms with Crippen LogP contribution < -0.4 is 20.1 Å². The molecule has 0 aliphatic rings. The van der Waals surface area contributed by atoms with Gasteiger partial charge in [-0.1, -0.05) is 0 Å². The molecule has 2 N–H and O–H groups in total. The maximum Gasteiger partial charge on any atom is 0.291 e. The largest absolute Gasteiger partial charge is 0.492 e. The van der Waals surface area contributed by atoms with Crippen LogP contribution in [0.1, 0.15) is 24.4 Å². The smallest absolute Gasteiger partial charge is 0.291 e. The van der Waals surface area contributed by atoms with E-state index in [1.807, 2.05) is 13.8 Å². The van der Waals surface area contributed by atoms with Gasteiger partial charge in [-0.15, -0.1) is 11.6 Å². The van der Waals surface area contributed by atoms with Crippen LogP contribution in [0.4, 0.5) is 11.4 Å². The highest BCUT2D eigenvalue weighted by molar-refractivity contribution is 6.29. The van der Waals surface area contributed by atoms with Crippen LogP contribution in [-0.2, 0) is 4.79 Å². The molecule has 2 aromatic rings. The third-order valence-electron chi connectivity index (χ3n) is 3.07. The Hall–Kier alpha value is -2.67. The lowest BCUT2D eigenvalue weighted by molar-refractivity contribution is -0.113. The van der Waals surface area contributed by atoms with Crippen molar-refractivity contribution in [1.82, 2.24) is 0 Å². The number of carbonyl (C=O) groups excluding carboxylic acids is 2. The molecule has 0 radical (unpaired) electrons. The molecule has 0 aliphatic heterocycles. The molecule has 0 fully saturated rings. The molecule has 1 heterocycles. The number of nitrogens with one attached hydrogen (secondary N) is 2. The second-order valence-corrected chi connectivity index (χ2v) is 5.09. The Morgan fingerprint density at radius 1 is 1.08 bits per heavy atom. The predicted octanol–water partition coefficient (Wildman–Crippen LogP) is 3.51. The Morgan fingerprint density at radius 3 is 2.16 bits per heavy atom. The summed E-state index contributed by atoms with van der Waals surface area (Å²) >= 11 is 5.54. The van der Waals surface area contributed by atoms with Crippen LogP contribution in [0.2, 0.25) is 0 Å². The van der Waals surface area contributed by atoms with E-state index in [1.165, 1.54) is 6.26 Å². The molecule has 134 valence electrons. The van der Waals surface area contributed by atoms with Gasteiger partial charge in [0.15, 0.2) is 5.76 Å². The third-order valence-corrected chi connectivity index (χ3v) is 3.31. The normalized spacial score (nSPS) is 10.2. The van der Waals surface area contributed by atoms with Gasteiger partial charge in [0.25, 0.3) is 5.91 Å². The minimum absolute atomic E-state index is 0.167. The number of benzene rings is 1. The second-order valence-electron chi connectivity index (χ2n) is 4.82. The Morgan fingerprint density at radius 2 is 1.68 bits per heavy atom. The summed E-state index contributed by atoms with van der Waals surface area (Å²) < 4.78 is 16.2. The van der Waals surface area contributed by atoms with E-state index in [1.54, 1.807) is 24.3 Å². The molecule has 0 bridgehead atoms. The van der Waals surface area contributed by atoms with E-state index in [4.69, 9.17) is 25.5 Å². The van der Waals surface area contributed by atoms with E-state index < -0.39 is 5.91 Å². The Kier molecular flexibility index (Phi) is 6.71. The molecule has 0 saturated heterocycles. The summed E-state index contributed by atoms with van der Waals surface area (Å²) in [6.07, 6.45) is 1.41. The van der Waals surface area contributed by atoms with E-state index >= 15 is 0 Å². The number of hydrogen-bond donors (Lipinski definition) is 2. The SMILES string of the molecule is CCOc1cc(NC(=O)c2ccco2)c(OCC)cc1NC(=O)CCl. The summed E-state index contributed by atoms with van der Waals surface area (Å²) in [5, 5.41) is 5.36. The van der Waals surface area contributed by atoms with Gasteiger partial charge in [-0.2, -0.15) is 0 Å². The zero-order valence-electron chi connectivity index (χ0n) is 13.9. The minimum Gasteiger partial charge on any atom is -0.492 e. The van der Waals surface area contributed by atoms with Crippen LogP contribution in [0, 0.1) is 0 Å². The van der Waals surface area contributed by atoms with E-state index in [9.17, 15) is 9.59 Å². The summed E-state index contributed by atoms with van der Waals surface area (Å²) in [6, 6.07) is 6.33. The number of halogens is 1. The highest BCUT2D eigenvalue weighted by Gasteiger charge is 2.17. The standard InChI is InChI=1S/C17H19ClN2O5/c1-3-23-14-9-12(20-17(22)13-6-5-7-25-13)15(24-4-2)8-11(14)19-16(21)10-18/h5-9H,3-4,10H2,1-2H3,(H,19,21)(H,20,22). The molecular formula is C17H19ClN2O5. The van der Waals surface area contributed by atoms with Gasteiger partial charge in [0.1, 0.15) is 17.4 Å². The molecule has 0 atom stereocenters. The number of alkyl halides is 1. The molecule has 1 aromatic heterocycles. The lowest BCUT2D eigenvalue weighted by atomic mass is 10.2. The van der Waals surface area contributed by atoms with E-state index in [-0.39, 0.29) is 17.5 Å². The van der Waals surface area contributed by atoms with Crippen molar-refractivity contribution in [1.29, 1.82) is 0 Å². The zero-order chi connectivity index (χ0) is 18.2. The molecule has 25 heavy (non-hydrogen) atoms. The highest BCUT2D eigenvalue weighted by atomic mass is 35.5. The molecule has 0 aliphatic carbocycles. The fourth-order valence-electron chi connectivity index (χ4n) is 2.08. The Bertz CT molecular complexity index is 731. The summed E-state index contributed by atoms with van der Waals surface area (Å²) in [5.74, 6) is -0.0508. The van der Waals surface area contributed by atoms with Crippen LogP contribution in [0.15, 0.2) is 34.9 Å². The Balaban J connectivity index is 2.37. The number of rotatable bonds is 8. The highest BCUT2D eigenvalue weighted by Crippen LogP contribution is 2.37. The van der Waals surface area contributed by atoms with Gasteiger partial charge < -0.3 is 24.5 Å². The van der Waals surface area contributed by atoms with Crippen LogP contribution >= 0.6 is 11.6 Å². The van der Waals surface area contributed by atoms with E-state index in [0.717, 1.165) is 0 Å². The maximum absolute atomic E-state index is 12.2. The lowest BCUT2D eigenvalue weighted by Gasteiger charge is -2.17. The monoisotopic (exact) mass is 366 g/mol. The molecular weight excluding hydrogens is 348 g/mol. The van der Waals surface area contributed by atoms with Gasteiger partial charge in [-0.25, -0.2) is 0 Å². The molecule has 7 nitrogen and oxygen atoms in total. The number of amides is 2. The average molecular weight is 367 g/mol. The number of carbonyl (C=O) groups is 2. The Labute approximate surface area is 150 Å². The van der Waals surface area contributed by atoms with Crippen molar-refractivity contribution in [3.05, 3.63) is 36.3 Å². The quantitative estimate of drug-likeness (QED) is 0.698. The van der Waals surface area contributed by atoms with Crippen molar-refractivity contribution in [2.45, 2.75) is 13.8 Å². The molecule has 0 saturated carbocycles. The summed E-state index contributed by atoms with van der Waals surface area (Å²) in [5.41, 5.74) is 0.808. The van der Waals surface area contributed by atoms with Crippen molar-refractivity contribution in [3.8, 4) is 11.5 Å². The number of furan rings is 1. The van der Waals surface area contributed by atoms with Crippen molar-refractivity contribution < 1.29 is 23.5 Å². The number of ether oxygens (including phenoxy) is 2. The van der Waals surface area contributed by atoms with Crippen LogP contribution in [0.5, 0.6) is 11.5 Å². The van der Waals surface area contributed by atoms with E-state index in [2.05, 4.69) is 10.6 Å². The first-order valence-electron chi connectivity index (χ1n) is 7.73. The van der Waals surface area contributed by atoms with Crippen molar-refractivity contribution in [2.24, 2.45) is 0 Å². The molecule has 2 amide bonds. The summed E-state index contributed by atoms with van der Waals surface area (Å²) in [7, 11) is 0. The maximum atomic E-state index is 12.2. The fraction of sp³-hybridized carbons (Fsp3) is 0.294. The second kappa shape index (κ2) is 8.98. The first kappa shape index (κ1) is 18.7. The topological polar surface area (TPSA) is 89.8 Å². The van der Waals surface area contributed by atoms with E-state index in [0.29, 0.717) is 36.1 Å². The number of anilines is 2. The van der Waals surface area contributed by atoms with Crippen molar-refractivity contribution in [3.63, 3.8) is 0 Å². The van der Waals surface area contributed by atoms with Gasteiger partial charge in [0.2, 0.25) is 5.91 Å². The molecule has 1 aromatic carbocycles. The minimum atomic E-state index is -0.425. The molecule has 0 unspecified atom stereocenters. The van der Waals surface area contributed by atoms with Gasteiger partial charge >= 0.3 is 0 Å². The summed E-state index contributed by atoms with van der Waals surface area (Å²) in [6.45, 7) is 4.38. The fourth-order valence-corrected chi connectivity index (χ4v) is 2.15. The molecule has 0 spiro atoms. The van der Waals surface area contributed by atoms with Crippen LogP contribution in [0.25, 0.3) is 0 Å². The predicted molar refractivity (Wildman–Crippen MR) is 94.8 cm³/mol. The van der Waals surface area contributed by atoms with Gasteiger partial charge in [-0.3, -0.25) is 9.59 Å². The van der Waals surface area contributed by atoms with Crippen LogP contribution in [-0.4, -0.2) is 30.9 Å². The average Bonchev–Trinajstić information content (AvgIpc) is 3.13. The number of hydrogen-bond acceptors (Lipinski definition) is 5. The van der Waals surface area contributed by atoms with Gasteiger partial charge in [0.05, 0.1) is 30.9 Å². The molecule has 8 heteroatoms. The van der Waals surface area contributed by atoms with Crippen molar-refractivity contribution in [2.75, 3.05) is 29.7 Å². The zero-order valence-corrected chi connectivity index (χ0v) is 14.7.